The number of aromatic nitrogens is 2. The van der Waals surface area contributed by atoms with Crippen molar-refractivity contribution in [2.45, 2.75) is 32.7 Å². The van der Waals surface area contributed by atoms with E-state index in [-0.39, 0.29) is 24.3 Å². The molecule has 22 heavy (non-hydrogen) atoms. The van der Waals surface area contributed by atoms with E-state index < -0.39 is 0 Å². The third-order valence-corrected chi connectivity index (χ3v) is 4.71. The van der Waals surface area contributed by atoms with Gasteiger partial charge in [-0.25, -0.2) is 0 Å². The zero-order valence-electron chi connectivity index (χ0n) is 13.0. The van der Waals surface area contributed by atoms with Crippen molar-refractivity contribution in [1.29, 1.82) is 0 Å². The molecule has 0 spiro atoms. The number of hydrogen-bond acceptors (Lipinski definition) is 6. The summed E-state index contributed by atoms with van der Waals surface area (Å²) < 4.78 is 4.87. The maximum Gasteiger partial charge on any atom is 0.248 e. The van der Waals surface area contributed by atoms with Crippen molar-refractivity contribution in [2.75, 3.05) is 26.8 Å². The number of ether oxygens (including phenoxy) is 1. The van der Waals surface area contributed by atoms with Gasteiger partial charge in [-0.3, -0.25) is 9.59 Å². The van der Waals surface area contributed by atoms with Gasteiger partial charge in [0.15, 0.2) is 0 Å². The molecule has 8 heteroatoms. The van der Waals surface area contributed by atoms with Crippen LogP contribution in [0.4, 0.5) is 0 Å². The van der Waals surface area contributed by atoms with Crippen LogP contribution in [-0.4, -0.2) is 53.7 Å². The van der Waals surface area contributed by atoms with E-state index >= 15 is 0 Å². The smallest absolute Gasteiger partial charge is 0.248 e. The first-order chi connectivity index (χ1) is 10.6. The Bertz CT molecular complexity index is 520. The van der Waals surface area contributed by atoms with Crippen LogP contribution in [0, 0.1) is 5.92 Å². The summed E-state index contributed by atoms with van der Waals surface area (Å²) in [5, 5.41) is 12.8. The first-order valence-electron chi connectivity index (χ1n) is 7.49. The van der Waals surface area contributed by atoms with E-state index in [1.165, 1.54) is 18.4 Å². The summed E-state index contributed by atoms with van der Waals surface area (Å²) in [6.07, 6.45) is 2.50. The van der Waals surface area contributed by atoms with E-state index in [0.29, 0.717) is 19.6 Å². The summed E-state index contributed by atoms with van der Waals surface area (Å²) in [5.41, 5.74) is 0. The summed E-state index contributed by atoms with van der Waals surface area (Å²) in [6.45, 7) is 3.65. The lowest BCUT2D eigenvalue weighted by atomic mass is 9.97. The molecule has 1 aromatic heterocycles. The second-order valence-electron chi connectivity index (χ2n) is 5.27. The molecular formula is C14H22N4O3S. The van der Waals surface area contributed by atoms with Gasteiger partial charge in [0, 0.05) is 20.2 Å². The van der Waals surface area contributed by atoms with Crippen molar-refractivity contribution in [1.82, 2.24) is 20.4 Å². The molecule has 0 aliphatic carbocycles. The summed E-state index contributed by atoms with van der Waals surface area (Å²) >= 11 is 1.52. The Labute approximate surface area is 134 Å². The van der Waals surface area contributed by atoms with Gasteiger partial charge in [0.2, 0.25) is 11.8 Å². The molecule has 1 aliphatic rings. The van der Waals surface area contributed by atoms with Crippen LogP contribution in [0.5, 0.6) is 0 Å². The van der Waals surface area contributed by atoms with Gasteiger partial charge in [-0.05, 0) is 19.3 Å². The zero-order valence-corrected chi connectivity index (χ0v) is 13.8. The normalized spacial score (nSPS) is 18.3. The highest BCUT2D eigenvalue weighted by atomic mass is 32.1. The van der Waals surface area contributed by atoms with Crippen LogP contribution < -0.4 is 5.32 Å². The van der Waals surface area contributed by atoms with Gasteiger partial charge in [-0.1, -0.05) is 18.3 Å². The molecule has 2 amide bonds. The van der Waals surface area contributed by atoms with Gasteiger partial charge in [-0.15, -0.1) is 10.2 Å². The van der Waals surface area contributed by atoms with Crippen molar-refractivity contribution in [3.05, 3.63) is 10.0 Å². The fourth-order valence-corrected chi connectivity index (χ4v) is 3.17. The van der Waals surface area contributed by atoms with Crippen molar-refractivity contribution in [3.8, 4) is 0 Å². The maximum absolute atomic E-state index is 12.2. The standard InChI is InChI=1S/C14H22N4O3S/c1-3-11-16-17-12(22-11)7-15-14(20)10-5-4-6-18(8-10)13(19)9-21-2/h10H,3-9H2,1-2H3,(H,15,20)/t10-/m1/s1. The average molecular weight is 326 g/mol. The SMILES string of the molecule is CCc1nnc(CNC(=O)[C@@H]2CCCN(C(=O)COC)C2)s1. The Morgan fingerprint density at radius 2 is 2.18 bits per heavy atom. The lowest BCUT2D eigenvalue weighted by Crippen LogP contribution is -2.46. The topological polar surface area (TPSA) is 84.4 Å². The van der Waals surface area contributed by atoms with Gasteiger partial charge < -0.3 is 15.0 Å². The molecule has 122 valence electrons. The van der Waals surface area contributed by atoms with Crippen molar-refractivity contribution in [3.63, 3.8) is 0 Å². The number of amides is 2. The molecule has 1 aromatic rings. The molecule has 1 atom stereocenters. The second kappa shape index (κ2) is 8.19. The molecule has 0 bridgehead atoms. The Kier molecular flexibility index (Phi) is 6.26. The predicted molar refractivity (Wildman–Crippen MR) is 82.3 cm³/mol. The number of hydrogen-bond donors (Lipinski definition) is 1. The maximum atomic E-state index is 12.2. The van der Waals surface area contributed by atoms with E-state index in [9.17, 15) is 9.59 Å². The van der Waals surface area contributed by atoms with E-state index in [1.54, 1.807) is 4.90 Å². The molecule has 0 aromatic carbocycles. The Balaban J connectivity index is 1.82. The van der Waals surface area contributed by atoms with Crippen molar-refractivity contribution < 1.29 is 14.3 Å². The first kappa shape index (κ1) is 16.8. The number of carbonyl (C=O) groups is 2. The Morgan fingerprint density at radius 3 is 2.86 bits per heavy atom. The van der Waals surface area contributed by atoms with Crippen LogP contribution in [0.2, 0.25) is 0 Å². The number of carbonyl (C=O) groups excluding carboxylic acids is 2. The number of aryl methyl sites for hydroxylation is 1. The lowest BCUT2D eigenvalue weighted by molar-refractivity contribution is -0.139. The summed E-state index contributed by atoms with van der Waals surface area (Å²) in [7, 11) is 1.50. The number of piperidine rings is 1. The molecule has 1 N–H and O–H groups in total. The quantitative estimate of drug-likeness (QED) is 0.827. The fourth-order valence-electron chi connectivity index (χ4n) is 2.44. The number of methoxy groups -OCH3 is 1. The minimum Gasteiger partial charge on any atom is -0.375 e. The minimum absolute atomic E-state index is 0.0248. The lowest BCUT2D eigenvalue weighted by Gasteiger charge is -2.31. The van der Waals surface area contributed by atoms with Crippen LogP contribution in [0.1, 0.15) is 29.8 Å². The van der Waals surface area contributed by atoms with E-state index in [2.05, 4.69) is 15.5 Å². The highest BCUT2D eigenvalue weighted by molar-refractivity contribution is 7.11. The molecule has 0 unspecified atom stereocenters. The van der Waals surface area contributed by atoms with E-state index in [1.807, 2.05) is 6.92 Å². The Morgan fingerprint density at radius 1 is 1.41 bits per heavy atom. The molecule has 1 aliphatic heterocycles. The zero-order chi connectivity index (χ0) is 15.9. The van der Waals surface area contributed by atoms with Crippen LogP contribution in [0.15, 0.2) is 0 Å². The third kappa shape index (κ3) is 4.48. The van der Waals surface area contributed by atoms with E-state index in [0.717, 1.165) is 29.3 Å². The number of rotatable bonds is 6. The predicted octanol–water partition coefficient (Wildman–Crippen LogP) is 0.602. The molecule has 0 saturated carbocycles. The molecule has 1 saturated heterocycles. The second-order valence-corrected chi connectivity index (χ2v) is 6.42. The summed E-state index contributed by atoms with van der Waals surface area (Å²) in [5.74, 6) is -0.243. The largest absolute Gasteiger partial charge is 0.375 e. The van der Waals surface area contributed by atoms with Gasteiger partial charge >= 0.3 is 0 Å². The third-order valence-electron chi connectivity index (χ3n) is 3.64. The molecule has 2 rings (SSSR count). The van der Waals surface area contributed by atoms with Crippen molar-refractivity contribution >= 4 is 23.2 Å². The molecule has 2 heterocycles. The molecule has 1 fully saturated rings. The highest BCUT2D eigenvalue weighted by Gasteiger charge is 2.28. The van der Waals surface area contributed by atoms with Gasteiger partial charge in [0.05, 0.1) is 12.5 Å². The summed E-state index contributed by atoms with van der Waals surface area (Å²) in [4.78, 5) is 25.8. The molecule has 0 radical (unpaired) electrons. The van der Waals surface area contributed by atoms with Gasteiger partial charge in [-0.2, -0.15) is 0 Å². The number of nitrogens with one attached hydrogen (secondary N) is 1. The fraction of sp³-hybridized carbons (Fsp3) is 0.714. The number of nitrogens with zero attached hydrogens (tertiary/aromatic N) is 3. The van der Waals surface area contributed by atoms with Crippen LogP contribution >= 0.6 is 11.3 Å². The van der Waals surface area contributed by atoms with Crippen molar-refractivity contribution in [2.24, 2.45) is 5.92 Å². The minimum atomic E-state index is -0.159. The van der Waals surface area contributed by atoms with Crippen LogP contribution in [-0.2, 0) is 27.3 Å². The average Bonchev–Trinajstić information content (AvgIpc) is 3.01. The van der Waals surface area contributed by atoms with Crippen LogP contribution in [0.3, 0.4) is 0 Å². The Hall–Kier alpha value is -1.54. The highest BCUT2D eigenvalue weighted by Crippen LogP contribution is 2.17. The van der Waals surface area contributed by atoms with Gasteiger partial charge in [0.25, 0.3) is 0 Å². The molecule has 7 nitrogen and oxygen atoms in total. The number of likely N-dealkylation sites (tertiary alicyclic amines) is 1. The summed E-state index contributed by atoms with van der Waals surface area (Å²) in [6, 6.07) is 0. The molecular weight excluding hydrogens is 304 g/mol. The van der Waals surface area contributed by atoms with Gasteiger partial charge in [0.1, 0.15) is 16.6 Å². The van der Waals surface area contributed by atoms with E-state index in [4.69, 9.17) is 4.74 Å². The first-order valence-corrected chi connectivity index (χ1v) is 8.31. The monoisotopic (exact) mass is 326 g/mol. The van der Waals surface area contributed by atoms with Crippen LogP contribution in [0.25, 0.3) is 0 Å².